The fourth-order valence-corrected chi connectivity index (χ4v) is 3.48. The molecule has 1 amide bonds. The molecule has 0 bridgehead atoms. The van der Waals surface area contributed by atoms with E-state index >= 15 is 0 Å². The van der Waals surface area contributed by atoms with E-state index in [1.165, 1.54) is 31.5 Å². The number of carbonyl (C=O) groups is 1. The molecule has 0 radical (unpaired) electrons. The molecular weight excluding hydrogens is 343 g/mol. The molecule has 5 nitrogen and oxygen atoms in total. The third kappa shape index (κ3) is 4.38. The van der Waals surface area contributed by atoms with Crippen molar-refractivity contribution in [3.05, 3.63) is 41.8 Å². The summed E-state index contributed by atoms with van der Waals surface area (Å²) in [5, 5.41) is 9.68. The Morgan fingerprint density at radius 1 is 1.32 bits per heavy atom. The lowest BCUT2D eigenvalue weighted by molar-refractivity contribution is 0.0916. The molecule has 1 aliphatic rings. The van der Waals surface area contributed by atoms with Gasteiger partial charge in [-0.15, -0.1) is 12.4 Å². The van der Waals surface area contributed by atoms with Crippen molar-refractivity contribution in [2.45, 2.75) is 38.1 Å². The van der Waals surface area contributed by atoms with Gasteiger partial charge in [0.2, 0.25) is 0 Å². The quantitative estimate of drug-likeness (QED) is 0.759. The third-order valence-electron chi connectivity index (χ3n) is 4.82. The number of aromatic amines is 1. The van der Waals surface area contributed by atoms with Crippen LogP contribution in [0.1, 0.15) is 42.5 Å². The van der Waals surface area contributed by atoms with Crippen LogP contribution in [0.5, 0.6) is 0 Å². The van der Waals surface area contributed by atoms with Gasteiger partial charge in [-0.1, -0.05) is 31.4 Å². The van der Waals surface area contributed by atoms with Gasteiger partial charge in [-0.2, -0.15) is 5.10 Å². The van der Waals surface area contributed by atoms with Gasteiger partial charge >= 0.3 is 0 Å². The summed E-state index contributed by atoms with van der Waals surface area (Å²) >= 11 is 0. The normalized spacial score (nSPS) is 16.1. The van der Waals surface area contributed by atoms with Gasteiger partial charge in [0.15, 0.2) is 0 Å². The first kappa shape index (κ1) is 19.4. The maximum Gasteiger partial charge on any atom is 0.255 e. The third-order valence-corrected chi connectivity index (χ3v) is 4.82. The van der Waals surface area contributed by atoms with E-state index < -0.39 is 5.82 Å². The predicted molar refractivity (Wildman–Crippen MR) is 98.1 cm³/mol. The van der Waals surface area contributed by atoms with Crippen LogP contribution in [-0.4, -0.2) is 28.7 Å². The summed E-state index contributed by atoms with van der Waals surface area (Å²) in [4.78, 5) is 12.7. The van der Waals surface area contributed by atoms with Crippen LogP contribution in [0.2, 0.25) is 0 Å². The van der Waals surface area contributed by atoms with E-state index in [2.05, 4.69) is 15.5 Å². The van der Waals surface area contributed by atoms with E-state index in [4.69, 9.17) is 5.73 Å². The van der Waals surface area contributed by atoms with E-state index in [0.717, 1.165) is 12.8 Å². The number of nitrogens with two attached hydrogens (primary N) is 1. The molecule has 1 atom stereocenters. The summed E-state index contributed by atoms with van der Waals surface area (Å²) in [6, 6.07) is 6.28. The molecule has 1 heterocycles. The van der Waals surface area contributed by atoms with E-state index in [9.17, 15) is 9.18 Å². The Morgan fingerprint density at radius 2 is 2.04 bits per heavy atom. The summed E-state index contributed by atoms with van der Waals surface area (Å²) in [6.45, 7) is 0.406. The standard InChI is InChI=1S/C18H23FN4O.ClH/c19-15-9-5-4-8-13(15)17-14(11-21-23-17)18(24)22-16(10-20)12-6-2-1-3-7-12;/h4-5,8-9,11-12,16H,1-3,6-7,10,20H2,(H,21,23)(H,22,24);1H. The van der Waals surface area contributed by atoms with Crippen LogP contribution < -0.4 is 11.1 Å². The largest absolute Gasteiger partial charge is 0.348 e. The van der Waals surface area contributed by atoms with Crippen molar-refractivity contribution in [2.24, 2.45) is 11.7 Å². The van der Waals surface area contributed by atoms with Crippen LogP contribution in [0.3, 0.4) is 0 Å². The highest BCUT2D eigenvalue weighted by Gasteiger charge is 2.26. The average molecular weight is 367 g/mol. The number of nitrogens with one attached hydrogen (secondary N) is 2. The fraction of sp³-hybridized carbons (Fsp3) is 0.444. The van der Waals surface area contributed by atoms with Crippen LogP contribution in [-0.2, 0) is 0 Å². The lowest BCUT2D eigenvalue weighted by Gasteiger charge is -2.30. The van der Waals surface area contributed by atoms with Crippen molar-refractivity contribution in [1.29, 1.82) is 0 Å². The second kappa shape index (κ2) is 8.97. The molecular formula is C18H24ClFN4O. The van der Waals surface area contributed by atoms with Gasteiger partial charge < -0.3 is 11.1 Å². The minimum Gasteiger partial charge on any atom is -0.348 e. The summed E-state index contributed by atoms with van der Waals surface area (Å²) in [6.07, 6.45) is 7.24. The molecule has 25 heavy (non-hydrogen) atoms. The number of hydrogen-bond donors (Lipinski definition) is 3. The molecule has 1 saturated carbocycles. The maximum absolute atomic E-state index is 14.0. The molecule has 4 N–H and O–H groups in total. The van der Waals surface area contributed by atoms with Gasteiger partial charge in [-0.25, -0.2) is 4.39 Å². The molecule has 0 spiro atoms. The molecule has 1 unspecified atom stereocenters. The number of halogens is 2. The number of carbonyl (C=O) groups excluding carboxylic acids is 1. The second-order valence-corrected chi connectivity index (χ2v) is 6.35. The number of amides is 1. The Labute approximate surface area is 153 Å². The van der Waals surface area contributed by atoms with Crippen molar-refractivity contribution in [2.75, 3.05) is 6.54 Å². The molecule has 3 rings (SSSR count). The van der Waals surface area contributed by atoms with E-state index in [0.29, 0.717) is 29.3 Å². The molecule has 1 aromatic heterocycles. The first-order chi connectivity index (χ1) is 11.7. The number of H-pyrrole nitrogens is 1. The van der Waals surface area contributed by atoms with Crippen LogP contribution in [0.4, 0.5) is 4.39 Å². The highest BCUT2D eigenvalue weighted by molar-refractivity contribution is 6.00. The maximum atomic E-state index is 14.0. The zero-order valence-electron chi connectivity index (χ0n) is 14.0. The Balaban J connectivity index is 0.00000225. The predicted octanol–water partition coefficient (Wildman–Crippen LogP) is 3.28. The highest BCUT2D eigenvalue weighted by Crippen LogP contribution is 2.27. The zero-order chi connectivity index (χ0) is 16.9. The van der Waals surface area contributed by atoms with E-state index in [1.807, 2.05) is 0 Å². The lowest BCUT2D eigenvalue weighted by Crippen LogP contribution is -2.46. The summed E-state index contributed by atoms with van der Waals surface area (Å²) in [7, 11) is 0. The number of hydrogen-bond acceptors (Lipinski definition) is 3. The van der Waals surface area contributed by atoms with Crippen LogP contribution in [0, 0.1) is 11.7 Å². The van der Waals surface area contributed by atoms with E-state index in [-0.39, 0.29) is 24.4 Å². The van der Waals surface area contributed by atoms with Crippen LogP contribution >= 0.6 is 12.4 Å². The molecule has 7 heteroatoms. The molecule has 1 fully saturated rings. The highest BCUT2D eigenvalue weighted by atomic mass is 35.5. The minimum absolute atomic E-state index is 0. The monoisotopic (exact) mass is 366 g/mol. The molecule has 1 aromatic carbocycles. The molecule has 1 aliphatic carbocycles. The van der Waals surface area contributed by atoms with Crippen molar-refractivity contribution in [3.63, 3.8) is 0 Å². The Morgan fingerprint density at radius 3 is 2.72 bits per heavy atom. The number of benzene rings is 1. The fourth-order valence-electron chi connectivity index (χ4n) is 3.48. The summed E-state index contributed by atoms with van der Waals surface area (Å²) < 4.78 is 14.0. The Bertz CT molecular complexity index is 700. The first-order valence-electron chi connectivity index (χ1n) is 8.50. The number of nitrogens with zero attached hydrogens (tertiary/aromatic N) is 1. The second-order valence-electron chi connectivity index (χ2n) is 6.35. The molecule has 2 aromatic rings. The Kier molecular flexibility index (Phi) is 6.96. The SMILES string of the molecule is Cl.NCC(NC(=O)c1cn[nH]c1-c1ccccc1F)C1CCCCC1. The summed E-state index contributed by atoms with van der Waals surface area (Å²) in [5.41, 5.74) is 6.95. The van der Waals surface area contributed by atoms with Gasteiger partial charge in [-0.3, -0.25) is 9.89 Å². The number of rotatable bonds is 5. The zero-order valence-corrected chi connectivity index (χ0v) is 14.8. The van der Waals surface area contributed by atoms with E-state index in [1.54, 1.807) is 18.2 Å². The number of aromatic nitrogens is 2. The topological polar surface area (TPSA) is 83.8 Å². The summed E-state index contributed by atoms with van der Waals surface area (Å²) in [5.74, 6) is -0.238. The van der Waals surface area contributed by atoms with Crippen molar-refractivity contribution in [3.8, 4) is 11.3 Å². The molecule has 0 aliphatic heterocycles. The van der Waals surface area contributed by atoms with Gasteiger partial charge in [0.05, 0.1) is 17.5 Å². The first-order valence-corrected chi connectivity index (χ1v) is 8.50. The average Bonchev–Trinajstić information content (AvgIpc) is 3.10. The Hall–Kier alpha value is -1.92. The van der Waals surface area contributed by atoms with Crippen molar-refractivity contribution >= 4 is 18.3 Å². The smallest absolute Gasteiger partial charge is 0.255 e. The van der Waals surface area contributed by atoms with Gasteiger partial charge in [0, 0.05) is 18.2 Å². The van der Waals surface area contributed by atoms with Gasteiger partial charge in [0.25, 0.3) is 5.91 Å². The molecule has 0 saturated heterocycles. The van der Waals surface area contributed by atoms with Crippen molar-refractivity contribution < 1.29 is 9.18 Å². The van der Waals surface area contributed by atoms with Gasteiger partial charge in [0.1, 0.15) is 5.82 Å². The van der Waals surface area contributed by atoms with Gasteiger partial charge in [-0.05, 0) is 30.9 Å². The van der Waals surface area contributed by atoms with Crippen molar-refractivity contribution in [1.82, 2.24) is 15.5 Å². The van der Waals surface area contributed by atoms with Crippen LogP contribution in [0.25, 0.3) is 11.3 Å². The molecule has 136 valence electrons. The lowest BCUT2D eigenvalue weighted by atomic mass is 9.84. The van der Waals surface area contributed by atoms with Crippen LogP contribution in [0.15, 0.2) is 30.5 Å². The minimum atomic E-state index is -0.390.